The molecular formula is C17H16ClN5. The summed E-state index contributed by atoms with van der Waals surface area (Å²) in [7, 11) is 0. The summed E-state index contributed by atoms with van der Waals surface area (Å²) >= 11 is 5.91. The first-order valence-electron chi connectivity index (χ1n) is 7.30. The SMILES string of the molecule is CC(C)c1cccc(Nc2ncnc(-c3ccnc(Cl)c3)n2)c1. The second kappa shape index (κ2) is 6.71. The Morgan fingerprint density at radius 2 is 1.91 bits per heavy atom. The maximum atomic E-state index is 5.91. The molecular weight excluding hydrogens is 310 g/mol. The zero-order valence-corrected chi connectivity index (χ0v) is 13.6. The molecule has 2 heterocycles. The molecule has 0 saturated carbocycles. The first-order valence-corrected chi connectivity index (χ1v) is 7.67. The molecule has 0 aliphatic heterocycles. The largest absolute Gasteiger partial charge is 0.324 e. The number of pyridine rings is 1. The lowest BCUT2D eigenvalue weighted by atomic mass is 10.0. The predicted octanol–water partition coefficient (Wildman–Crippen LogP) is 4.45. The third kappa shape index (κ3) is 3.81. The van der Waals surface area contributed by atoms with E-state index in [1.54, 1.807) is 12.3 Å². The van der Waals surface area contributed by atoms with Crippen LogP contribution in [-0.4, -0.2) is 19.9 Å². The van der Waals surface area contributed by atoms with Crippen LogP contribution in [0.5, 0.6) is 0 Å². The Balaban J connectivity index is 1.87. The minimum Gasteiger partial charge on any atom is -0.324 e. The fourth-order valence-corrected chi connectivity index (χ4v) is 2.32. The van der Waals surface area contributed by atoms with Gasteiger partial charge in [-0.05, 0) is 35.7 Å². The molecule has 6 heteroatoms. The average Bonchev–Trinajstić information content (AvgIpc) is 2.55. The van der Waals surface area contributed by atoms with E-state index >= 15 is 0 Å². The van der Waals surface area contributed by atoms with Crippen LogP contribution in [0.15, 0.2) is 48.9 Å². The van der Waals surface area contributed by atoms with E-state index in [4.69, 9.17) is 11.6 Å². The Kier molecular flexibility index (Phi) is 4.48. The number of anilines is 2. The molecule has 23 heavy (non-hydrogen) atoms. The van der Waals surface area contributed by atoms with Crippen LogP contribution in [0.2, 0.25) is 5.15 Å². The molecule has 5 nitrogen and oxygen atoms in total. The van der Waals surface area contributed by atoms with Gasteiger partial charge in [0, 0.05) is 17.4 Å². The Hall–Kier alpha value is -2.53. The second-order valence-corrected chi connectivity index (χ2v) is 5.79. The lowest BCUT2D eigenvalue weighted by Crippen LogP contribution is -2.00. The van der Waals surface area contributed by atoms with Gasteiger partial charge in [-0.15, -0.1) is 0 Å². The van der Waals surface area contributed by atoms with Crippen LogP contribution in [0.1, 0.15) is 25.3 Å². The number of benzene rings is 1. The molecule has 0 unspecified atom stereocenters. The molecule has 3 aromatic rings. The summed E-state index contributed by atoms with van der Waals surface area (Å²) in [5.74, 6) is 1.50. The molecule has 3 rings (SSSR count). The van der Waals surface area contributed by atoms with Crippen LogP contribution < -0.4 is 5.32 Å². The van der Waals surface area contributed by atoms with Crippen molar-refractivity contribution in [2.75, 3.05) is 5.32 Å². The van der Waals surface area contributed by atoms with Crippen molar-refractivity contribution in [1.29, 1.82) is 0 Å². The van der Waals surface area contributed by atoms with Crippen LogP contribution in [-0.2, 0) is 0 Å². The van der Waals surface area contributed by atoms with Crippen LogP contribution >= 0.6 is 11.6 Å². The summed E-state index contributed by atoms with van der Waals surface area (Å²) in [6.45, 7) is 4.32. The Bertz CT molecular complexity index is 819. The van der Waals surface area contributed by atoms with Gasteiger partial charge in [0.25, 0.3) is 0 Å². The highest BCUT2D eigenvalue weighted by Gasteiger charge is 2.06. The van der Waals surface area contributed by atoms with Gasteiger partial charge in [-0.1, -0.05) is 37.6 Å². The summed E-state index contributed by atoms with van der Waals surface area (Å²) in [5, 5.41) is 3.62. The number of halogens is 1. The highest BCUT2D eigenvalue weighted by molar-refractivity contribution is 6.29. The van der Waals surface area contributed by atoms with Crippen molar-refractivity contribution in [1.82, 2.24) is 19.9 Å². The van der Waals surface area contributed by atoms with Gasteiger partial charge in [0.1, 0.15) is 11.5 Å². The van der Waals surface area contributed by atoms with Crippen molar-refractivity contribution >= 4 is 23.2 Å². The lowest BCUT2D eigenvalue weighted by molar-refractivity contribution is 0.867. The Morgan fingerprint density at radius 3 is 2.70 bits per heavy atom. The molecule has 1 N–H and O–H groups in total. The quantitative estimate of drug-likeness (QED) is 0.718. The third-order valence-electron chi connectivity index (χ3n) is 3.37. The Labute approximate surface area is 139 Å². The van der Waals surface area contributed by atoms with E-state index in [9.17, 15) is 0 Å². The molecule has 0 aliphatic rings. The fraction of sp³-hybridized carbons (Fsp3) is 0.176. The van der Waals surface area contributed by atoms with Gasteiger partial charge < -0.3 is 5.32 Å². The first kappa shape index (κ1) is 15.4. The minimum atomic E-state index is 0.405. The van der Waals surface area contributed by atoms with Crippen LogP contribution in [0.4, 0.5) is 11.6 Å². The highest BCUT2D eigenvalue weighted by atomic mass is 35.5. The van der Waals surface area contributed by atoms with Crippen molar-refractivity contribution in [2.24, 2.45) is 0 Å². The molecule has 0 fully saturated rings. The van der Waals surface area contributed by atoms with Crippen molar-refractivity contribution in [3.63, 3.8) is 0 Å². The molecule has 0 radical (unpaired) electrons. The van der Waals surface area contributed by atoms with E-state index in [1.807, 2.05) is 18.2 Å². The number of hydrogen-bond donors (Lipinski definition) is 1. The van der Waals surface area contributed by atoms with Crippen molar-refractivity contribution < 1.29 is 0 Å². The van der Waals surface area contributed by atoms with Gasteiger partial charge in [-0.3, -0.25) is 0 Å². The van der Waals surface area contributed by atoms with Crippen LogP contribution in [0, 0.1) is 0 Å². The molecule has 2 aromatic heterocycles. The molecule has 0 atom stereocenters. The van der Waals surface area contributed by atoms with Crippen molar-refractivity contribution in [2.45, 2.75) is 19.8 Å². The van der Waals surface area contributed by atoms with E-state index in [0.29, 0.717) is 22.8 Å². The summed E-state index contributed by atoms with van der Waals surface area (Å²) in [6, 6.07) is 11.7. The highest BCUT2D eigenvalue weighted by Crippen LogP contribution is 2.22. The van der Waals surface area contributed by atoms with Crippen molar-refractivity contribution in [3.8, 4) is 11.4 Å². The predicted molar refractivity (Wildman–Crippen MR) is 91.9 cm³/mol. The van der Waals surface area contributed by atoms with Gasteiger partial charge >= 0.3 is 0 Å². The zero-order valence-electron chi connectivity index (χ0n) is 12.9. The third-order valence-corrected chi connectivity index (χ3v) is 3.57. The van der Waals surface area contributed by atoms with Gasteiger partial charge in [-0.2, -0.15) is 4.98 Å². The fourth-order valence-electron chi connectivity index (χ4n) is 2.14. The van der Waals surface area contributed by atoms with E-state index in [-0.39, 0.29) is 0 Å². The number of rotatable bonds is 4. The summed E-state index contributed by atoms with van der Waals surface area (Å²) in [4.78, 5) is 16.8. The van der Waals surface area contributed by atoms with Gasteiger partial charge in [0.05, 0.1) is 0 Å². The monoisotopic (exact) mass is 325 g/mol. The summed E-state index contributed by atoms with van der Waals surface area (Å²) in [6.07, 6.45) is 3.10. The second-order valence-electron chi connectivity index (χ2n) is 5.41. The average molecular weight is 326 g/mol. The number of nitrogens with one attached hydrogen (secondary N) is 1. The molecule has 0 saturated heterocycles. The zero-order chi connectivity index (χ0) is 16.2. The van der Waals surface area contributed by atoms with Crippen LogP contribution in [0.25, 0.3) is 11.4 Å². The Morgan fingerprint density at radius 1 is 1.04 bits per heavy atom. The van der Waals surface area contributed by atoms with Gasteiger partial charge in [0.15, 0.2) is 5.82 Å². The smallest absolute Gasteiger partial charge is 0.230 e. The summed E-state index contributed by atoms with van der Waals surface area (Å²) in [5.41, 5.74) is 3.00. The van der Waals surface area contributed by atoms with Gasteiger partial charge in [-0.25, -0.2) is 15.0 Å². The number of hydrogen-bond acceptors (Lipinski definition) is 5. The van der Waals surface area contributed by atoms with Gasteiger partial charge in [0.2, 0.25) is 5.95 Å². The van der Waals surface area contributed by atoms with E-state index in [0.717, 1.165) is 11.3 Å². The van der Waals surface area contributed by atoms with Crippen LogP contribution in [0.3, 0.4) is 0 Å². The molecule has 0 bridgehead atoms. The van der Waals surface area contributed by atoms with E-state index < -0.39 is 0 Å². The van der Waals surface area contributed by atoms with E-state index in [2.05, 4.69) is 51.2 Å². The normalized spacial score (nSPS) is 10.8. The van der Waals surface area contributed by atoms with Crippen molar-refractivity contribution in [3.05, 3.63) is 59.6 Å². The molecule has 0 amide bonds. The van der Waals surface area contributed by atoms with E-state index in [1.165, 1.54) is 11.9 Å². The molecule has 1 aromatic carbocycles. The lowest BCUT2D eigenvalue weighted by Gasteiger charge is -2.09. The summed E-state index contributed by atoms with van der Waals surface area (Å²) < 4.78 is 0. The molecule has 116 valence electrons. The standard InChI is InChI=1S/C17H16ClN5/c1-11(2)12-4-3-5-14(8-12)22-17-21-10-20-16(23-17)13-6-7-19-15(18)9-13/h3-11H,1-2H3,(H,20,21,22,23). The number of nitrogens with zero attached hydrogens (tertiary/aromatic N) is 4. The maximum Gasteiger partial charge on any atom is 0.230 e. The molecule has 0 aliphatic carbocycles. The topological polar surface area (TPSA) is 63.6 Å². The maximum absolute atomic E-state index is 5.91. The first-order chi connectivity index (χ1) is 11.1. The minimum absolute atomic E-state index is 0.405. The molecule has 0 spiro atoms. The number of aromatic nitrogens is 4.